The molecule has 0 saturated carbocycles. The van der Waals surface area contributed by atoms with E-state index in [2.05, 4.69) is 21.4 Å². The Balaban J connectivity index is 1.28. The van der Waals surface area contributed by atoms with Crippen molar-refractivity contribution >= 4 is 21.8 Å². The van der Waals surface area contributed by atoms with Crippen molar-refractivity contribution in [3.05, 3.63) is 96.3 Å². The van der Waals surface area contributed by atoms with E-state index < -0.39 is 10.1 Å². The van der Waals surface area contributed by atoms with E-state index in [1.165, 1.54) is 12.1 Å². The minimum Gasteiger partial charge on any atom is -0.491 e. The summed E-state index contributed by atoms with van der Waals surface area (Å²) < 4.78 is 35.0. The van der Waals surface area contributed by atoms with Gasteiger partial charge in [-0.1, -0.05) is 35.9 Å². The van der Waals surface area contributed by atoms with E-state index in [-0.39, 0.29) is 18.1 Å². The SMILES string of the molecule is Cc1ccc(S(=O)(=O)OCCOc2ccc(Nc3ncc(-c4ccccc4C#N)cn3)cc2)cc1. The fourth-order valence-corrected chi connectivity index (χ4v) is 4.10. The molecule has 0 fully saturated rings. The van der Waals surface area contributed by atoms with Gasteiger partial charge in [-0.3, -0.25) is 4.18 Å². The molecule has 0 unspecified atom stereocenters. The molecule has 0 saturated heterocycles. The van der Waals surface area contributed by atoms with Gasteiger partial charge in [0.2, 0.25) is 5.95 Å². The molecule has 0 spiro atoms. The quantitative estimate of drug-likeness (QED) is 0.264. The van der Waals surface area contributed by atoms with Crippen LogP contribution in [0.4, 0.5) is 11.6 Å². The molecule has 1 N–H and O–H groups in total. The molecule has 4 aromatic rings. The van der Waals surface area contributed by atoms with Gasteiger partial charge in [0.15, 0.2) is 0 Å². The van der Waals surface area contributed by atoms with Crippen LogP contribution >= 0.6 is 0 Å². The first-order chi connectivity index (χ1) is 16.9. The Hall–Kier alpha value is -4.26. The summed E-state index contributed by atoms with van der Waals surface area (Å²) in [5.41, 5.74) is 3.81. The van der Waals surface area contributed by atoms with Crippen molar-refractivity contribution < 1.29 is 17.3 Å². The van der Waals surface area contributed by atoms with Crippen LogP contribution in [0, 0.1) is 18.3 Å². The second-order valence-corrected chi connectivity index (χ2v) is 9.16. The first kappa shape index (κ1) is 23.9. The van der Waals surface area contributed by atoms with Crippen LogP contribution in [-0.4, -0.2) is 31.6 Å². The van der Waals surface area contributed by atoms with Gasteiger partial charge in [0.05, 0.1) is 16.5 Å². The lowest BCUT2D eigenvalue weighted by Gasteiger charge is -2.10. The standard InChI is InChI=1S/C26H22N4O4S/c1-19-6-12-24(13-7-19)35(31,32)34-15-14-33-23-10-8-22(9-11-23)30-26-28-17-21(18-29-26)25-5-3-2-4-20(25)16-27/h2-13,17-18H,14-15H2,1H3,(H,28,29,30). The van der Waals surface area contributed by atoms with Crippen LogP contribution in [0.15, 0.2) is 90.1 Å². The Labute approximate surface area is 204 Å². The van der Waals surface area contributed by atoms with Crippen molar-refractivity contribution in [2.75, 3.05) is 18.5 Å². The molecule has 1 aromatic heterocycles. The van der Waals surface area contributed by atoms with Crippen molar-refractivity contribution in [3.63, 3.8) is 0 Å². The summed E-state index contributed by atoms with van der Waals surface area (Å²) in [5.74, 6) is 0.975. The topological polar surface area (TPSA) is 114 Å². The zero-order valence-electron chi connectivity index (χ0n) is 18.9. The molecule has 0 radical (unpaired) electrons. The van der Waals surface area contributed by atoms with Crippen LogP contribution in [0.5, 0.6) is 5.75 Å². The lowest BCUT2D eigenvalue weighted by Crippen LogP contribution is -2.13. The minimum atomic E-state index is -3.82. The number of ether oxygens (including phenoxy) is 1. The molecule has 8 nitrogen and oxygen atoms in total. The monoisotopic (exact) mass is 486 g/mol. The van der Waals surface area contributed by atoms with Gasteiger partial charge in [-0.2, -0.15) is 13.7 Å². The van der Waals surface area contributed by atoms with E-state index >= 15 is 0 Å². The number of nitrogens with one attached hydrogen (secondary N) is 1. The van der Waals surface area contributed by atoms with Gasteiger partial charge in [0, 0.05) is 29.2 Å². The molecular weight excluding hydrogens is 464 g/mol. The number of anilines is 2. The average molecular weight is 487 g/mol. The predicted octanol–water partition coefficient (Wildman–Crippen LogP) is 4.85. The third-order valence-electron chi connectivity index (χ3n) is 5.02. The second-order valence-electron chi connectivity index (χ2n) is 7.54. The average Bonchev–Trinajstić information content (AvgIpc) is 2.88. The Morgan fingerprint density at radius 2 is 1.60 bits per heavy atom. The van der Waals surface area contributed by atoms with Crippen LogP contribution < -0.4 is 10.1 Å². The largest absolute Gasteiger partial charge is 0.491 e. The molecule has 0 aliphatic carbocycles. The Bertz CT molecular complexity index is 1430. The lowest BCUT2D eigenvalue weighted by molar-refractivity contribution is 0.221. The van der Waals surface area contributed by atoms with Crippen LogP contribution in [0.25, 0.3) is 11.1 Å². The summed E-state index contributed by atoms with van der Waals surface area (Å²) in [6, 6.07) is 23.0. The maximum absolute atomic E-state index is 12.2. The van der Waals surface area contributed by atoms with Crippen LogP contribution in [0.3, 0.4) is 0 Å². The first-order valence-corrected chi connectivity index (χ1v) is 12.1. The smallest absolute Gasteiger partial charge is 0.297 e. The van der Waals surface area contributed by atoms with E-state index in [4.69, 9.17) is 8.92 Å². The maximum atomic E-state index is 12.2. The van der Waals surface area contributed by atoms with Crippen molar-refractivity contribution in [2.24, 2.45) is 0 Å². The Morgan fingerprint density at radius 1 is 0.914 bits per heavy atom. The second kappa shape index (κ2) is 10.8. The summed E-state index contributed by atoms with van der Waals surface area (Å²) in [6.07, 6.45) is 3.32. The molecule has 0 aliphatic rings. The molecule has 1 heterocycles. The number of nitriles is 1. The number of hydrogen-bond donors (Lipinski definition) is 1. The number of hydrogen-bond acceptors (Lipinski definition) is 8. The summed E-state index contributed by atoms with van der Waals surface area (Å²) in [7, 11) is -3.82. The fraction of sp³-hybridized carbons (Fsp3) is 0.115. The summed E-state index contributed by atoms with van der Waals surface area (Å²) in [4.78, 5) is 8.76. The van der Waals surface area contributed by atoms with Gasteiger partial charge >= 0.3 is 0 Å². The predicted molar refractivity (Wildman–Crippen MR) is 132 cm³/mol. The van der Waals surface area contributed by atoms with E-state index in [1.807, 2.05) is 25.1 Å². The maximum Gasteiger partial charge on any atom is 0.297 e. The third kappa shape index (κ3) is 6.20. The summed E-state index contributed by atoms with van der Waals surface area (Å²) >= 11 is 0. The highest BCUT2D eigenvalue weighted by molar-refractivity contribution is 7.86. The number of aromatic nitrogens is 2. The summed E-state index contributed by atoms with van der Waals surface area (Å²) in [5, 5.41) is 12.4. The zero-order chi connectivity index (χ0) is 24.7. The molecule has 9 heteroatoms. The van der Waals surface area contributed by atoms with E-state index in [1.54, 1.807) is 54.9 Å². The van der Waals surface area contributed by atoms with Gasteiger partial charge in [0.1, 0.15) is 19.0 Å². The molecule has 4 rings (SSSR count). The molecule has 176 valence electrons. The molecular formula is C26H22N4O4S. The van der Waals surface area contributed by atoms with Gasteiger partial charge in [0.25, 0.3) is 10.1 Å². The first-order valence-electron chi connectivity index (χ1n) is 10.7. The lowest BCUT2D eigenvalue weighted by atomic mass is 10.0. The molecule has 3 aromatic carbocycles. The van der Waals surface area contributed by atoms with Crippen LogP contribution in [-0.2, 0) is 14.3 Å². The van der Waals surface area contributed by atoms with Crippen LogP contribution in [0.2, 0.25) is 0 Å². The van der Waals surface area contributed by atoms with Crippen molar-refractivity contribution in [1.29, 1.82) is 5.26 Å². The van der Waals surface area contributed by atoms with Crippen molar-refractivity contribution in [2.45, 2.75) is 11.8 Å². The Morgan fingerprint density at radius 3 is 2.29 bits per heavy atom. The molecule has 0 atom stereocenters. The molecule has 0 aliphatic heterocycles. The van der Waals surface area contributed by atoms with E-state index in [9.17, 15) is 13.7 Å². The summed E-state index contributed by atoms with van der Waals surface area (Å²) in [6.45, 7) is 1.85. The highest BCUT2D eigenvalue weighted by Crippen LogP contribution is 2.23. The van der Waals surface area contributed by atoms with Gasteiger partial charge in [-0.05, 0) is 49.4 Å². The molecule has 0 amide bonds. The van der Waals surface area contributed by atoms with Gasteiger partial charge in [-0.15, -0.1) is 0 Å². The molecule has 35 heavy (non-hydrogen) atoms. The zero-order valence-corrected chi connectivity index (χ0v) is 19.7. The van der Waals surface area contributed by atoms with Crippen LogP contribution in [0.1, 0.15) is 11.1 Å². The third-order valence-corrected chi connectivity index (χ3v) is 6.35. The highest BCUT2D eigenvalue weighted by atomic mass is 32.2. The molecule has 0 bridgehead atoms. The van der Waals surface area contributed by atoms with Gasteiger partial charge < -0.3 is 10.1 Å². The number of nitrogens with zero attached hydrogens (tertiary/aromatic N) is 3. The highest BCUT2D eigenvalue weighted by Gasteiger charge is 2.14. The van der Waals surface area contributed by atoms with Crippen molar-refractivity contribution in [1.82, 2.24) is 9.97 Å². The van der Waals surface area contributed by atoms with E-state index in [0.717, 1.165) is 22.4 Å². The number of rotatable bonds is 9. The normalized spacial score (nSPS) is 11.0. The number of aryl methyl sites for hydroxylation is 1. The van der Waals surface area contributed by atoms with Gasteiger partial charge in [-0.25, -0.2) is 9.97 Å². The van der Waals surface area contributed by atoms with E-state index in [0.29, 0.717) is 17.3 Å². The van der Waals surface area contributed by atoms with Crippen molar-refractivity contribution in [3.8, 4) is 22.9 Å². The number of benzene rings is 3. The minimum absolute atomic E-state index is 0.0760. The Kier molecular flexibility index (Phi) is 7.35. The fourth-order valence-electron chi connectivity index (χ4n) is 3.20.